The molecule has 2 aromatic carbocycles. The lowest BCUT2D eigenvalue weighted by molar-refractivity contribution is 0.0525. The highest BCUT2D eigenvalue weighted by Gasteiger charge is 2.14. The summed E-state index contributed by atoms with van der Waals surface area (Å²) >= 11 is 1.18. The number of nitrogens with one attached hydrogen (secondary N) is 1. The van der Waals surface area contributed by atoms with E-state index in [9.17, 15) is 14.4 Å². The Kier molecular flexibility index (Phi) is 5.15. The highest BCUT2D eigenvalue weighted by molar-refractivity contribution is 7.20. The van der Waals surface area contributed by atoms with Crippen molar-refractivity contribution in [3.05, 3.63) is 63.9 Å². The molecule has 0 aliphatic rings. The number of rotatable bonds is 5. The van der Waals surface area contributed by atoms with Crippen molar-refractivity contribution < 1.29 is 19.1 Å². The van der Waals surface area contributed by atoms with Crippen LogP contribution in [0.25, 0.3) is 15.9 Å². The van der Waals surface area contributed by atoms with Crippen LogP contribution in [-0.2, 0) is 9.47 Å². The van der Waals surface area contributed by atoms with E-state index in [-0.39, 0.29) is 5.56 Å². The van der Waals surface area contributed by atoms with E-state index in [1.54, 1.807) is 31.2 Å². The van der Waals surface area contributed by atoms with Gasteiger partial charge in [0.25, 0.3) is 5.56 Å². The molecule has 0 aliphatic heterocycles. The zero-order valence-corrected chi connectivity index (χ0v) is 16.9. The summed E-state index contributed by atoms with van der Waals surface area (Å²) in [6.45, 7) is 2.05. The predicted molar refractivity (Wildman–Crippen MR) is 112 cm³/mol. The molecule has 2 aromatic heterocycles. The molecule has 0 radical (unpaired) electrons. The summed E-state index contributed by atoms with van der Waals surface area (Å²) in [5.41, 5.74) is 1.49. The largest absolute Gasteiger partial charge is 0.465 e. The Bertz CT molecular complexity index is 1330. The van der Waals surface area contributed by atoms with Crippen molar-refractivity contribution in [3.63, 3.8) is 0 Å². The highest BCUT2D eigenvalue weighted by Crippen LogP contribution is 2.23. The van der Waals surface area contributed by atoms with Crippen LogP contribution < -0.4 is 10.9 Å². The molecule has 0 unspecified atom stereocenters. The minimum absolute atomic E-state index is 0.307. The first-order chi connectivity index (χ1) is 14.5. The number of hydrogen-bond donors (Lipinski definition) is 1. The van der Waals surface area contributed by atoms with Gasteiger partial charge in [-0.15, -0.1) is 5.10 Å². The van der Waals surface area contributed by atoms with Crippen LogP contribution in [0.4, 0.5) is 10.8 Å². The van der Waals surface area contributed by atoms with Crippen LogP contribution in [0.2, 0.25) is 0 Å². The van der Waals surface area contributed by atoms with Gasteiger partial charge in [0.1, 0.15) is 0 Å². The van der Waals surface area contributed by atoms with Crippen molar-refractivity contribution in [2.45, 2.75) is 6.92 Å². The van der Waals surface area contributed by atoms with Crippen LogP contribution in [0, 0.1) is 0 Å². The van der Waals surface area contributed by atoms with Gasteiger partial charge in [0.2, 0.25) is 10.1 Å². The number of hydrogen-bond acceptors (Lipinski definition) is 9. The summed E-state index contributed by atoms with van der Waals surface area (Å²) in [4.78, 5) is 41.1. The average Bonchev–Trinajstić information content (AvgIpc) is 3.16. The normalized spacial score (nSPS) is 10.9. The summed E-state index contributed by atoms with van der Waals surface area (Å²) in [7, 11) is 1.29. The van der Waals surface area contributed by atoms with Crippen LogP contribution >= 0.6 is 11.3 Å². The van der Waals surface area contributed by atoms with Gasteiger partial charge in [0, 0.05) is 5.69 Å². The number of carbonyl (C=O) groups is 2. The molecule has 0 amide bonds. The molecule has 0 saturated carbocycles. The number of benzene rings is 2. The summed E-state index contributed by atoms with van der Waals surface area (Å²) in [6, 6.07) is 11.3. The van der Waals surface area contributed by atoms with Crippen LogP contribution in [0.3, 0.4) is 0 Å². The van der Waals surface area contributed by atoms with E-state index in [1.807, 2.05) is 0 Å². The van der Waals surface area contributed by atoms with Gasteiger partial charge in [-0.05, 0) is 49.4 Å². The van der Waals surface area contributed by atoms with Gasteiger partial charge < -0.3 is 14.8 Å². The maximum atomic E-state index is 12.8. The van der Waals surface area contributed by atoms with E-state index in [0.29, 0.717) is 44.4 Å². The molecule has 0 bridgehead atoms. The third-order valence-electron chi connectivity index (χ3n) is 4.26. The Hall–Kier alpha value is -3.79. The second-order valence-corrected chi connectivity index (χ2v) is 7.12. The number of carbonyl (C=O) groups excluding carboxylic acids is 2. The number of aromatic nitrogens is 3. The Labute approximate surface area is 173 Å². The number of anilines is 2. The highest BCUT2D eigenvalue weighted by atomic mass is 32.1. The third kappa shape index (κ3) is 3.60. The molecule has 0 fully saturated rings. The van der Waals surface area contributed by atoms with E-state index < -0.39 is 11.9 Å². The molecular weight excluding hydrogens is 408 g/mol. The second kappa shape index (κ2) is 7.91. The molecule has 152 valence electrons. The lowest BCUT2D eigenvalue weighted by Crippen LogP contribution is -2.15. The minimum atomic E-state index is -0.503. The molecular formula is C20H16N4O5S. The molecule has 0 spiro atoms. The molecule has 4 rings (SSSR count). The average molecular weight is 424 g/mol. The van der Waals surface area contributed by atoms with Gasteiger partial charge in [0.05, 0.1) is 35.7 Å². The standard InChI is InChI=1S/C20H16N4O5S/c1-3-29-18(27)11-4-7-13(8-5-11)21-19-23-24-16(25)14-9-6-12(17(26)28-2)10-15(14)22-20(24)30-19/h4-10H,3H2,1-2H3,(H,21,23). The first-order valence-electron chi connectivity index (χ1n) is 8.96. The number of ether oxygens (including phenoxy) is 2. The fourth-order valence-electron chi connectivity index (χ4n) is 2.83. The van der Waals surface area contributed by atoms with Gasteiger partial charge in [-0.1, -0.05) is 11.3 Å². The number of esters is 2. The fourth-order valence-corrected chi connectivity index (χ4v) is 3.65. The monoisotopic (exact) mass is 424 g/mol. The van der Waals surface area contributed by atoms with E-state index in [4.69, 9.17) is 9.47 Å². The summed E-state index contributed by atoms with van der Waals surface area (Å²) in [6.07, 6.45) is 0. The minimum Gasteiger partial charge on any atom is -0.465 e. The van der Waals surface area contributed by atoms with Crippen molar-refractivity contribution >= 4 is 50.0 Å². The van der Waals surface area contributed by atoms with Crippen LogP contribution in [0.15, 0.2) is 47.3 Å². The summed E-state index contributed by atoms with van der Waals surface area (Å²) < 4.78 is 10.9. The first kappa shape index (κ1) is 19.5. The molecule has 2 heterocycles. The molecule has 0 saturated heterocycles. The van der Waals surface area contributed by atoms with E-state index in [1.165, 1.54) is 41.2 Å². The van der Waals surface area contributed by atoms with Gasteiger partial charge in [-0.2, -0.15) is 4.52 Å². The predicted octanol–water partition coefficient (Wildman–Crippen LogP) is 3.01. The first-order valence-corrected chi connectivity index (χ1v) is 9.78. The summed E-state index contributed by atoms with van der Waals surface area (Å²) in [5.74, 6) is -0.894. The Morgan fingerprint density at radius 1 is 1.10 bits per heavy atom. The zero-order chi connectivity index (χ0) is 21.3. The molecule has 0 atom stereocenters. The molecule has 30 heavy (non-hydrogen) atoms. The van der Waals surface area contributed by atoms with Crippen LogP contribution in [0.5, 0.6) is 0 Å². The lowest BCUT2D eigenvalue weighted by atomic mass is 10.1. The quantitative estimate of drug-likeness (QED) is 0.487. The lowest BCUT2D eigenvalue weighted by Gasteiger charge is -2.04. The fraction of sp³-hybridized carbons (Fsp3) is 0.150. The number of fused-ring (bicyclic) bond motifs is 2. The topological polar surface area (TPSA) is 112 Å². The second-order valence-electron chi connectivity index (χ2n) is 6.16. The Morgan fingerprint density at radius 2 is 1.83 bits per heavy atom. The molecule has 1 N–H and O–H groups in total. The molecule has 0 aliphatic carbocycles. The number of methoxy groups -OCH3 is 1. The maximum absolute atomic E-state index is 12.8. The smallest absolute Gasteiger partial charge is 0.338 e. The maximum Gasteiger partial charge on any atom is 0.338 e. The summed E-state index contributed by atoms with van der Waals surface area (Å²) in [5, 5.41) is 8.17. The van der Waals surface area contributed by atoms with Crippen molar-refractivity contribution in [2.75, 3.05) is 19.0 Å². The van der Waals surface area contributed by atoms with E-state index in [0.717, 1.165) is 0 Å². The Balaban J connectivity index is 1.66. The zero-order valence-electron chi connectivity index (χ0n) is 16.0. The number of nitrogens with zero attached hydrogens (tertiary/aromatic N) is 3. The van der Waals surface area contributed by atoms with Crippen LogP contribution in [-0.4, -0.2) is 40.3 Å². The molecule has 4 aromatic rings. The molecule has 9 nitrogen and oxygen atoms in total. The third-order valence-corrected chi connectivity index (χ3v) is 5.09. The Morgan fingerprint density at radius 3 is 2.53 bits per heavy atom. The van der Waals surface area contributed by atoms with Gasteiger partial charge in [-0.25, -0.2) is 14.6 Å². The van der Waals surface area contributed by atoms with Crippen molar-refractivity contribution in [3.8, 4) is 0 Å². The van der Waals surface area contributed by atoms with Gasteiger partial charge >= 0.3 is 11.9 Å². The van der Waals surface area contributed by atoms with Crippen LogP contribution in [0.1, 0.15) is 27.6 Å². The molecule has 10 heteroatoms. The van der Waals surface area contributed by atoms with E-state index >= 15 is 0 Å². The van der Waals surface area contributed by atoms with Crippen molar-refractivity contribution in [1.82, 2.24) is 14.6 Å². The van der Waals surface area contributed by atoms with Crippen molar-refractivity contribution in [1.29, 1.82) is 0 Å². The van der Waals surface area contributed by atoms with Gasteiger partial charge in [-0.3, -0.25) is 4.79 Å². The van der Waals surface area contributed by atoms with Gasteiger partial charge in [0.15, 0.2) is 0 Å². The SMILES string of the molecule is CCOC(=O)c1ccc(Nc2nn3c(=O)c4ccc(C(=O)OC)cc4nc3s2)cc1. The van der Waals surface area contributed by atoms with E-state index in [2.05, 4.69) is 15.4 Å². The van der Waals surface area contributed by atoms with Crippen molar-refractivity contribution in [2.24, 2.45) is 0 Å².